The Balaban J connectivity index is 2.11. The minimum Gasteiger partial charge on any atom is -0.332 e. The summed E-state index contributed by atoms with van der Waals surface area (Å²) in [5.74, 6) is 3.01. The first-order valence-corrected chi connectivity index (χ1v) is 6.67. The predicted molar refractivity (Wildman–Crippen MR) is 63.6 cm³/mol. The first kappa shape index (κ1) is 11.4. The molecule has 6 heteroatoms. The summed E-state index contributed by atoms with van der Waals surface area (Å²) in [6.45, 7) is 4.84. The standard InChI is InChI=1S/C10H16N4OS/c1-3-8-11-9(13-12-8)10(15)14-4-5-16-6-7(14)2/h7H,3-6H2,1-2H3,(H,11,12,13). The molecule has 0 bridgehead atoms. The number of carbonyl (C=O) groups excluding carboxylic acids is 1. The van der Waals surface area contributed by atoms with Gasteiger partial charge >= 0.3 is 0 Å². The van der Waals surface area contributed by atoms with Crippen LogP contribution in [-0.4, -0.2) is 50.1 Å². The van der Waals surface area contributed by atoms with Crippen LogP contribution in [0.2, 0.25) is 0 Å². The largest absolute Gasteiger partial charge is 0.332 e. The molecule has 1 saturated heterocycles. The van der Waals surface area contributed by atoms with Gasteiger partial charge in [-0.1, -0.05) is 6.92 Å². The second-order valence-electron chi connectivity index (χ2n) is 3.88. The molecule has 0 radical (unpaired) electrons. The Labute approximate surface area is 99.0 Å². The van der Waals surface area contributed by atoms with Crippen LogP contribution in [0.3, 0.4) is 0 Å². The van der Waals surface area contributed by atoms with Gasteiger partial charge in [0.2, 0.25) is 5.82 Å². The van der Waals surface area contributed by atoms with Gasteiger partial charge in [0, 0.05) is 30.5 Å². The summed E-state index contributed by atoms with van der Waals surface area (Å²) in [7, 11) is 0. The van der Waals surface area contributed by atoms with E-state index in [0.717, 1.165) is 30.3 Å². The third kappa shape index (κ3) is 2.21. The molecule has 2 heterocycles. The van der Waals surface area contributed by atoms with Crippen LogP contribution in [-0.2, 0) is 6.42 Å². The quantitative estimate of drug-likeness (QED) is 0.836. The smallest absolute Gasteiger partial charge is 0.293 e. The third-order valence-electron chi connectivity index (χ3n) is 2.69. The van der Waals surface area contributed by atoms with Crippen molar-refractivity contribution in [3.05, 3.63) is 11.6 Å². The van der Waals surface area contributed by atoms with Crippen LogP contribution in [0.5, 0.6) is 0 Å². The summed E-state index contributed by atoms with van der Waals surface area (Å²) >= 11 is 1.89. The fourth-order valence-electron chi connectivity index (χ4n) is 1.71. The molecule has 0 spiro atoms. The first-order valence-electron chi connectivity index (χ1n) is 5.52. The number of amides is 1. The highest BCUT2D eigenvalue weighted by molar-refractivity contribution is 7.99. The molecule has 1 unspecified atom stereocenters. The van der Waals surface area contributed by atoms with E-state index in [1.807, 2.05) is 23.6 Å². The summed E-state index contributed by atoms with van der Waals surface area (Å²) in [4.78, 5) is 18.1. The minimum absolute atomic E-state index is 0.0521. The van der Waals surface area contributed by atoms with Gasteiger partial charge in [0.05, 0.1) is 0 Å². The highest BCUT2D eigenvalue weighted by Crippen LogP contribution is 2.17. The third-order valence-corrected chi connectivity index (χ3v) is 3.88. The van der Waals surface area contributed by atoms with Gasteiger partial charge < -0.3 is 4.90 Å². The topological polar surface area (TPSA) is 61.9 Å². The maximum atomic E-state index is 12.1. The van der Waals surface area contributed by atoms with E-state index in [-0.39, 0.29) is 11.9 Å². The van der Waals surface area contributed by atoms with Crippen LogP contribution >= 0.6 is 11.8 Å². The Hall–Kier alpha value is -1.04. The van der Waals surface area contributed by atoms with Crippen LogP contribution < -0.4 is 0 Å². The van der Waals surface area contributed by atoms with Gasteiger partial charge in [0.15, 0.2) is 0 Å². The summed E-state index contributed by atoms with van der Waals surface area (Å²) in [6, 6.07) is 0.273. The lowest BCUT2D eigenvalue weighted by molar-refractivity contribution is 0.0704. The van der Waals surface area contributed by atoms with E-state index in [0.29, 0.717) is 5.82 Å². The fourth-order valence-corrected chi connectivity index (χ4v) is 2.72. The molecule has 0 saturated carbocycles. The lowest BCUT2D eigenvalue weighted by Crippen LogP contribution is -2.44. The maximum Gasteiger partial charge on any atom is 0.293 e. The molecule has 1 atom stereocenters. The fraction of sp³-hybridized carbons (Fsp3) is 0.700. The lowest BCUT2D eigenvalue weighted by Gasteiger charge is -2.32. The lowest BCUT2D eigenvalue weighted by atomic mass is 10.3. The van der Waals surface area contributed by atoms with Crippen molar-refractivity contribution in [1.82, 2.24) is 20.1 Å². The van der Waals surface area contributed by atoms with Gasteiger partial charge in [-0.25, -0.2) is 4.98 Å². The molecule has 5 nitrogen and oxygen atoms in total. The molecule has 0 aliphatic carbocycles. The number of hydrogen-bond acceptors (Lipinski definition) is 4. The van der Waals surface area contributed by atoms with E-state index in [1.165, 1.54) is 0 Å². The summed E-state index contributed by atoms with van der Waals surface area (Å²) < 4.78 is 0. The SMILES string of the molecule is CCc1nc(C(=O)N2CCSCC2C)n[nH]1. The summed E-state index contributed by atoms with van der Waals surface area (Å²) in [5, 5.41) is 6.74. The van der Waals surface area contributed by atoms with Crippen molar-refractivity contribution in [3.8, 4) is 0 Å². The highest BCUT2D eigenvalue weighted by Gasteiger charge is 2.26. The number of thioether (sulfide) groups is 1. The second kappa shape index (κ2) is 4.86. The molecule has 1 aromatic heterocycles. The van der Waals surface area contributed by atoms with E-state index >= 15 is 0 Å². The molecule has 1 N–H and O–H groups in total. The van der Waals surface area contributed by atoms with Crippen molar-refractivity contribution >= 4 is 17.7 Å². The van der Waals surface area contributed by atoms with Crippen molar-refractivity contribution in [1.29, 1.82) is 0 Å². The molecule has 1 aliphatic rings. The van der Waals surface area contributed by atoms with Crippen LogP contribution in [0.4, 0.5) is 0 Å². The average molecular weight is 240 g/mol. The molecule has 0 aromatic carbocycles. The minimum atomic E-state index is -0.0521. The van der Waals surface area contributed by atoms with E-state index in [1.54, 1.807) is 0 Å². The number of aromatic amines is 1. The van der Waals surface area contributed by atoms with Crippen LogP contribution in [0, 0.1) is 0 Å². The van der Waals surface area contributed by atoms with E-state index in [9.17, 15) is 4.79 Å². The molecule has 1 fully saturated rings. The Morgan fingerprint density at radius 3 is 3.12 bits per heavy atom. The molecular formula is C10H16N4OS. The number of nitrogens with zero attached hydrogens (tertiary/aromatic N) is 3. The number of carbonyl (C=O) groups is 1. The molecule has 1 aliphatic heterocycles. The van der Waals surface area contributed by atoms with Crippen LogP contribution in [0.1, 0.15) is 30.3 Å². The molecule has 1 aromatic rings. The van der Waals surface area contributed by atoms with Crippen molar-refractivity contribution in [2.45, 2.75) is 26.3 Å². The maximum absolute atomic E-state index is 12.1. The van der Waals surface area contributed by atoms with Crippen molar-refractivity contribution in [2.75, 3.05) is 18.1 Å². The number of aromatic nitrogens is 3. The monoisotopic (exact) mass is 240 g/mol. The molecule has 2 rings (SSSR count). The van der Waals surface area contributed by atoms with Crippen LogP contribution in [0.25, 0.3) is 0 Å². The van der Waals surface area contributed by atoms with Crippen molar-refractivity contribution in [2.24, 2.45) is 0 Å². The Kier molecular flexibility index (Phi) is 3.48. The number of H-pyrrole nitrogens is 1. The number of aryl methyl sites for hydroxylation is 1. The van der Waals surface area contributed by atoms with Gasteiger partial charge in [-0.05, 0) is 6.92 Å². The van der Waals surface area contributed by atoms with Gasteiger partial charge in [0.1, 0.15) is 5.82 Å². The van der Waals surface area contributed by atoms with E-state index in [2.05, 4.69) is 22.1 Å². The molecule has 88 valence electrons. The zero-order chi connectivity index (χ0) is 11.5. The predicted octanol–water partition coefficient (Wildman–Crippen LogP) is 0.945. The van der Waals surface area contributed by atoms with Gasteiger partial charge in [-0.2, -0.15) is 11.8 Å². The average Bonchev–Trinajstić information content (AvgIpc) is 2.77. The van der Waals surface area contributed by atoms with Gasteiger partial charge in [-0.15, -0.1) is 5.10 Å². The zero-order valence-corrected chi connectivity index (χ0v) is 10.4. The number of nitrogens with one attached hydrogen (secondary N) is 1. The second-order valence-corrected chi connectivity index (χ2v) is 5.03. The number of rotatable bonds is 2. The normalized spacial score (nSPS) is 21.1. The Bertz CT molecular complexity index is 379. The van der Waals surface area contributed by atoms with Crippen LogP contribution in [0.15, 0.2) is 0 Å². The Morgan fingerprint density at radius 1 is 1.69 bits per heavy atom. The molecular weight excluding hydrogens is 224 g/mol. The first-order chi connectivity index (χ1) is 7.72. The molecule has 16 heavy (non-hydrogen) atoms. The Morgan fingerprint density at radius 2 is 2.50 bits per heavy atom. The van der Waals surface area contributed by atoms with E-state index in [4.69, 9.17) is 0 Å². The van der Waals surface area contributed by atoms with Gasteiger partial charge in [-0.3, -0.25) is 9.89 Å². The zero-order valence-electron chi connectivity index (χ0n) is 9.56. The summed E-state index contributed by atoms with van der Waals surface area (Å²) in [5.41, 5.74) is 0. The van der Waals surface area contributed by atoms with Crippen molar-refractivity contribution < 1.29 is 4.79 Å². The highest BCUT2D eigenvalue weighted by atomic mass is 32.2. The van der Waals surface area contributed by atoms with Gasteiger partial charge in [0.25, 0.3) is 5.91 Å². The summed E-state index contributed by atoms with van der Waals surface area (Å²) in [6.07, 6.45) is 0.770. The van der Waals surface area contributed by atoms with E-state index < -0.39 is 0 Å². The van der Waals surface area contributed by atoms with Crippen molar-refractivity contribution in [3.63, 3.8) is 0 Å². The molecule has 1 amide bonds. The number of hydrogen-bond donors (Lipinski definition) is 1.